The van der Waals surface area contributed by atoms with E-state index in [-0.39, 0.29) is 25.2 Å². The maximum absolute atomic E-state index is 12.3. The molecule has 0 aliphatic rings. The number of rotatable bonds is 52. The molecule has 0 aliphatic carbocycles. The van der Waals surface area contributed by atoms with Crippen LogP contribution < -0.4 is 0 Å². The quantitative estimate of drug-likeness (QED) is 0.0373. The summed E-state index contributed by atoms with van der Waals surface area (Å²) in [6, 6.07) is 0. The van der Waals surface area contributed by atoms with E-state index in [0.29, 0.717) is 12.8 Å². The van der Waals surface area contributed by atoms with Crippen LogP contribution in [0.15, 0.2) is 146 Å². The number of esters is 2. The van der Waals surface area contributed by atoms with Gasteiger partial charge in [-0.25, -0.2) is 0 Å². The molecule has 0 bridgehead atoms. The average molecular weight is 994 g/mol. The third kappa shape index (κ3) is 58.4. The van der Waals surface area contributed by atoms with Crippen molar-refractivity contribution in [2.75, 3.05) is 13.2 Å². The summed E-state index contributed by atoms with van der Waals surface area (Å²) >= 11 is 0. The van der Waals surface area contributed by atoms with Gasteiger partial charge in [-0.1, -0.05) is 262 Å². The van der Waals surface area contributed by atoms with Gasteiger partial charge in [0, 0.05) is 12.8 Å². The Morgan fingerprint density at radius 3 is 0.833 bits per heavy atom. The highest BCUT2D eigenvalue weighted by Gasteiger charge is 2.16. The van der Waals surface area contributed by atoms with Crippen LogP contribution in [0.25, 0.3) is 0 Å². The van der Waals surface area contributed by atoms with Gasteiger partial charge in [-0.05, 0) is 116 Å². The second-order valence-corrected chi connectivity index (χ2v) is 19.0. The minimum atomic E-state index is -0.789. The number of unbranched alkanes of at least 4 members (excludes halogenated alkanes) is 20. The fraction of sp³-hybridized carbons (Fsp3) is 0.612. The van der Waals surface area contributed by atoms with E-state index in [1.807, 2.05) is 0 Å². The molecule has 72 heavy (non-hydrogen) atoms. The van der Waals surface area contributed by atoms with Crippen molar-refractivity contribution in [3.63, 3.8) is 0 Å². The second kappa shape index (κ2) is 61.1. The van der Waals surface area contributed by atoms with Crippen molar-refractivity contribution in [3.05, 3.63) is 146 Å². The molecule has 0 saturated carbocycles. The summed E-state index contributed by atoms with van der Waals surface area (Å²) in [6.07, 6.45) is 92.5. The molecule has 0 aromatic heterocycles. The predicted octanol–water partition coefficient (Wildman–Crippen LogP) is 20.2. The Labute approximate surface area is 444 Å². The Morgan fingerprint density at radius 1 is 0.319 bits per heavy atom. The van der Waals surface area contributed by atoms with Gasteiger partial charge in [-0.15, -0.1) is 0 Å². The molecule has 0 aromatic carbocycles. The van der Waals surface area contributed by atoms with Crippen LogP contribution in [-0.2, 0) is 19.1 Å². The Morgan fingerprint density at radius 2 is 0.556 bits per heavy atom. The van der Waals surface area contributed by atoms with Crippen LogP contribution in [0, 0.1) is 0 Å². The highest BCUT2D eigenvalue weighted by atomic mass is 16.6. The summed E-state index contributed by atoms with van der Waals surface area (Å²) in [7, 11) is 0. The number of allylic oxidation sites excluding steroid dienone is 24. The van der Waals surface area contributed by atoms with E-state index in [1.165, 1.54) is 96.3 Å². The first kappa shape index (κ1) is 67.8. The van der Waals surface area contributed by atoms with Crippen molar-refractivity contribution in [1.82, 2.24) is 0 Å². The van der Waals surface area contributed by atoms with Gasteiger partial charge in [0.05, 0.1) is 6.61 Å². The van der Waals surface area contributed by atoms with Crippen LogP contribution >= 0.6 is 0 Å². The molecular formula is C67H108O5. The first-order chi connectivity index (χ1) is 35.6. The van der Waals surface area contributed by atoms with E-state index in [2.05, 4.69) is 160 Å². The van der Waals surface area contributed by atoms with Crippen molar-refractivity contribution in [2.24, 2.45) is 0 Å². The van der Waals surface area contributed by atoms with Crippen molar-refractivity contribution in [1.29, 1.82) is 0 Å². The predicted molar refractivity (Wildman–Crippen MR) is 315 cm³/mol. The topological polar surface area (TPSA) is 72.8 Å². The molecule has 0 saturated heterocycles. The average Bonchev–Trinajstić information content (AvgIpc) is 3.38. The lowest BCUT2D eigenvalue weighted by atomic mass is 10.0. The minimum Gasteiger partial charge on any atom is -0.462 e. The number of hydrogen-bond donors (Lipinski definition) is 1. The summed E-state index contributed by atoms with van der Waals surface area (Å²) in [5.41, 5.74) is 0. The summed E-state index contributed by atoms with van der Waals surface area (Å²) in [5.74, 6) is -0.610. The third-order valence-corrected chi connectivity index (χ3v) is 12.1. The molecule has 5 nitrogen and oxygen atoms in total. The molecule has 1 atom stereocenters. The van der Waals surface area contributed by atoms with Gasteiger partial charge >= 0.3 is 11.9 Å². The standard InChI is InChI=1S/C67H108O5/c1-3-5-7-9-11-13-15-17-19-21-23-25-27-28-29-30-31-32-33-34-35-36-37-38-40-42-44-46-48-50-52-54-56-58-60-62-67(70)72-65(63-68)64-71-66(69)61-59-57-55-53-51-49-47-45-43-41-39-26-24-22-20-18-16-14-12-10-8-6-4-2/h5-8,11-14,17-20,23-26,28-29,31-32,34-35,41,43,65,68H,3-4,9-10,15-16,21-22,27,30,33,36-40,42,44-64H2,1-2H3/b7-5-,8-6-,13-11-,14-12-,19-17-,20-18-,25-23-,26-24-,29-28-,32-31-,35-34-,43-41-. The van der Waals surface area contributed by atoms with Gasteiger partial charge in [0.2, 0.25) is 0 Å². The van der Waals surface area contributed by atoms with E-state index in [1.54, 1.807) is 0 Å². The molecule has 0 rings (SSSR count). The molecule has 0 aromatic rings. The van der Waals surface area contributed by atoms with Crippen molar-refractivity contribution in [3.8, 4) is 0 Å². The lowest BCUT2D eigenvalue weighted by molar-refractivity contribution is -0.161. The zero-order valence-electron chi connectivity index (χ0n) is 46.4. The van der Waals surface area contributed by atoms with E-state index in [9.17, 15) is 14.7 Å². The van der Waals surface area contributed by atoms with Crippen molar-refractivity contribution in [2.45, 2.75) is 251 Å². The fourth-order valence-electron chi connectivity index (χ4n) is 7.80. The molecule has 0 radical (unpaired) electrons. The zero-order chi connectivity index (χ0) is 52.0. The van der Waals surface area contributed by atoms with Gasteiger partial charge in [0.1, 0.15) is 6.61 Å². The van der Waals surface area contributed by atoms with Crippen molar-refractivity contribution < 1.29 is 24.2 Å². The Kier molecular flexibility index (Phi) is 57.5. The Bertz CT molecular complexity index is 1540. The monoisotopic (exact) mass is 993 g/mol. The van der Waals surface area contributed by atoms with Crippen LogP contribution in [0.4, 0.5) is 0 Å². The van der Waals surface area contributed by atoms with Gasteiger partial charge in [-0.3, -0.25) is 9.59 Å². The molecule has 5 heteroatoms. The van der Waals surface area contributed by atoms with E-state index < -0.39 is 6.10 Å². The van der Waals surface area contributed by atoms with Crippen LogP contribution in [0.1, 0.15) is 245 Å². The SMILES string of the molecule is CC/C=C\C/C=C\C/C=C\C/C=C\C/C=C\C/C=C\C/C=C\CCCCCCCCCCCCCCCC(=O)OC(CO)COC(=O)CCCCCCCCC/C=C\C/C=C\C/C=C\C/C=C\C/C=C\CC. The third-order valence-electron chi connectivity index (χ3n) is 12.1. The smallest absolute Gasteiger partial charge is 0.306 e. The van der Waals surface area contributed by atoms with Gasteiger partial charge in [0.25, 0.3) is 0 Å². The normalized spacial score (nSPS) is 13.3. The van der Waals surface area contributed by atoms with Crippen LogP contribution in [0.3, 0.4) is 0 Å². The molecule has 0 fully saturated rings. The fourth-order valence-corrected chi connectivity index (χ4v) is 7.80. The number of aliphatic hydroxyl groups is 1. The number of carbonyl (C=O) groups is 2. The highest BCUT2D eigenvalue weighted by Crippen LogP contribution is 2.15. The summed E-state index contributed by atoms with van der Waals surface area (Å²) in [4.78, 5) is 24.6. The first-order valence-electron chi connectivity index (χ1n) is 29.4. The molecule has 0 amide bonds. The van der Waals surface area contributed by atoms with Crippen LogP contribution in [-0.4, -0.2) is 36.4 Å². The minimum absolute atomic E-state index is 0.0800. The second-order valence-electron chi connectivity index (χ2n) is 19.0. The van der Waals surface area contributed by atoms with Gasteiger partial charge in [-0.2, -0.15) is 0 Å². The molecule has 1 unspecified atom stereocenters. The largest absolute Gasteiger partial charge is 0.462 e. The lowest BCUT2D eigenvalue weighted by Gasteiger charge is -2.15. The Balaban J connectivity index is 3.56. The number of aliphatic hydroxyl groups excluding tert-OH is 1. The van der Waals surface area contributed by atoms with Crippen LogP contribution in [0.2, 0.25) is 0 Å². The summed E-state index contributed by atoms with van der Waals surface area (Å²) in [6.45, 7) is 3.90. The molecular weight excluding hydrogens is 885 g/mol. The summed E-state index contributed by atoms with van der Waals surface area (Å²) in [5, 5.41) is 9.66. The molecule has 406 valence electrons. The molecule has 0 spiro atoms. The number of carbonyl (C=O) groups excluding carboxylic acids is 2. The van der Waals surface area contributed by atoms with Crippen LogP contribution in [0.5, 0.6) is 0 Å². The van der Waals surface area contributed by atoms with E-state index >= 15 is 0 Å². The zero-order valence-corrected chi connectivity index (χ0v) is 46.4. The van der Waals surface area contributed by atoms with E-state index in [0.717, 1.165) is 122 Å². The Hall–Kier alpha value is -4.22. The molecule has 0 aliphatic heterocycles. The van der Waals surface area contributed by atoms with Gasteiger partial charge < -0.3 is 14.6 Å². The van der Waals surface area contributed by atoms with Gasteiger partial charge in [0.15, 0.2) is 6.10 Å². The number of ether oxygens (including phenoxy) is 2. The highest BCUT2D eigenvalue weighted by molar-refractivity contribution is 5.70. The first-order valence-corrected chi connectivity index (χ1v) is 29.4. The maximum Gasteiger partial charge on any atom is 0.306 e. The lowest BCUT2D eigenvalue weighted by Crippen LogP contribution is -2.28. The molecule has 0 heterocycles. The van der Waals surface area contributed by atoms with Crippen molar-refractivity contribution >= 4 is 11.9 Å². The summed E-state index contributed by atoms with van der Waals surface area (Å²) < 4.78 is 10.7. The van der Waals surface area contributed by atoms with E-state index in [4.69, 9.17) is 9.47 Å². The number of hydrogen-bond acceptors (Lipinski definition) is 5. The molecule has 1 N–H and O–H groups in total. The maximum atomic E-state index is 12.3.